The largest absolute Gasteiger partial charge is 0.436 e. The van der Waals surface area contributed by atoms with Crippen molar-refractivity contribution < 1.29 is 9.21 Å². The summed E-state index contributed by atoms with van der Waals surface area (Å²) in [6.45, 7) is 4.36. The van der Waals surface area contributed by atoms with E-state index in [1.165, 1.54) is 5.56 Å². The van der Waals surface area contributed by atoms with E-state index in [1.54, 1.807) is 24.3 Å². The molecule has 0 fully saturated rings. The Morgan fingerprint density at radius 3 is 2.63 bits per heavy atom. The van der Waals surface area contributed by atoms with Crippen LogP contribution in [0.3, 0.4) is 0 Å². The number of carbonyl (C=O) groups is 1. The Morgan fingerprint density at radius 1 is 1.13 bits per heavy atom. The van der Waals surface area contributed by atoms with Gasteiger partial charge in [0.15, 0.2) is 5.58 Å². The van der Waals surface area contributed by atoms with Crippen molar-refractivity contribution in [2.75, 3.05) is 5.32 Å². The zero-order valence-corrected chi connectivity index (χ0v) is 18.9. The summed E-state index contributed by atoms with van der Waals surface area (Å²) in [5.74, 6) is 0.713. The molecule has 0 radical (unpaired) electrons. The zero-order chi connectivity index (χ0) is 21.3. The molecular formula is C24H20BrClN2O2. The molecule has 0 aliphatic heterocycles. The molecule has 152 valence electrons. The minimum atomic E-state index is -0.239. The Bertz CT molecular complexity index is 1220. The molecule has 30 heavy (non-hydrogen) atoms. The zero-order valence-electron chi connectivity index (χ0n) is 16.6. The highest BCUT2D eigenvalue weighted by atomic mass is 79.9. The highest BCUT2D eigenvalue weighted by Gasteiger charge is 2.14. The Kier molecular flexibility index (Phi) is 5.93. The number of anilines is 1. The molecule has 0 spiro atoms. The van der Waals surface area contributed by atoms with E-state index < -0.39 is 0 Å². The molecule has 0 aliphatic carbocycles. The van der Waals surface area contributed by atoms with Gasteiger partial charge in [-0.05, 0) is 72.5 Å². The Labute approximate surface area is 188 Å². The SMILES string of the molecule is CC[C@H](C)c1ccc2oc(-c3ccc(Cl)c(NC(=O)c4ccc(Br)cc4)c3)nc2c1. The van der Waals surface area contributed by atoms with Gasteiger partial charge in [-0.15, -0.1) is 0 Å². The van der Waals surface area contributed by atoms with E-state index in [0.29, 0.717) is 28.1 Å². The molecule has 1 atom stereocenters. The standard InChI is InChI=1S/C24H20BrClN2O2/c1-3-14(2)16-7-11-22-21(12-16)28-24(30-22)17-6-10-19(26)20(13-17)27-23(29)15-4-8-18(25)9-5-15/h4-14H,3H2,1-2H3,(H,27,29)/t14-/m0/s1. The summed E-state index contributed by atoms with van der Waals surface area (Å²) in [6, 6.07) is 18.6. The van der Waals surface area contributed by atoms with E-state index in [4.69, 9.17) is 16.0 Å². The van der Waals surface area contributed by atoms with E-state index in [2.05, 4.69) is 52.2 Å². The van der Waals surface area contributed by atoms with Gasteiger partial charge in [-0.2, -0.15) is 0 Å². The van der Waals surface area contributed by atoms with Gasteiger partial charge in [-0.25, -0.2) is 4.98 Å². The Balaban J connectivity index is 1.64. The lowest BCUT2D eigenvalue weighted by atomic mass is 9.98. The molecule has 0 bridgehead atoms. The molecule has 0 unspecified atom stereocenters. The van der Waals surface area contributed by atoms with Crippen LogP contribution >= 0.6 is 27.5 Å². The molecule has 1 amide bonds. The van der Waals surface area contributed by atoms with Gasteiger partial charge in [-0.1, -0.05) is 47.4 Å². The maximum absolute atomic E-state index is 12.6. The van der Waals surface area contributed by atoms with Crippen molar-refractivity contribution >= 4 is 50.2 Å². The minimum Gasteiger partial charge on any atom is -0.436 e. The number of nitrogens with one attached hydrogen (secondary N) is 1. The topological polar surface area (TPSA) is 55.1 Å². The number of rotatable bonds is 5. The normalized spacial score (nSPS) is 12.1. The summed E-state index contributed by atoms with van der Waals surface area (Å²) >= 11 is 9.69. The first-order chi connectivity index (χ1) is 14.4. The fourth-order valence-corrected chi connectivity index (χ4v) is 3.59. The van der Waals surface area contributed by atoms with E-state index in [9.17, 15) is 4.79 Å². The van der Waals surface area contributed by atoms with Crippen LogP contribution in [0.25, 0.3) is 22.6 Å². The molecule has 1 N–H and O–H groups in total. The fraction of sp³-hybridized carbons (Fsp3) is 0.167. The Hall–Kier alpha value is -2.63. The van der Waals surface area contributed by atoms with Crippen LogP contribution < -0.4 is 5.32 Å². The molecule has 4 rings (SSSR count). The number of carbonyl (C=O) groups excluding carboxylic acids is 1. The number of hydrogen-bond donors (Lipinski definition) is 1. The van der Waals surface area contributed by atoms with Gasteiger partial charge < -0.3 is 9.73 Å². The third-order valence-corrected chi connectivity index (χ3v) is 6.02. The maximum atomic E-state index is 12.6. The summed E-state index contributed by atoms with van der Waals surface area (Å²) in [5, 5.41) is 3.31. The number of halogens is 2. The second kappa shape index (κ2) is 8.62. The second-order valence-electron chi connectivity index (χ2n) is 7.21. The van der Waals surface area contributed by atoms with Crippen molar-refractivity contribution in [3.63, 3.8) is 0 Å². The van der Waals surface area contributed by atoms with Gasteiger partial charge in [-0.3, -0.25) is 4.79 Å². The molecule has 6 heteroatoms. The molecule has 0 saturated heterocycles. The number of amides is 1. The number of nitrogens with zero attached hydrogens (tertiary/aromatic N) is 1. The summed E-state index contributed by atoms with van der Waals surface area (Å²) in [7, 11) is 0. The van der Waals surface area contributed by atoms with Crippen LogP contribution in [-0.4, -0.2) is 10.9 Å². The van der Waals surface area contributed by atoms with Crippen LogP contribution in [0, 0.1) is 0 Å². The first-order valence-corrected chi connectivity index (χ1v) is 10.9. The third kappa shape index (κ3) is 4.27. The molecular weight excluding hydrogens is 464 g/mol. The third-order valence-electron chi connectivity index (χ3n) is 5.16. The predicted octanol–water partition coefficient (Wildman–Crippen LogP) is 7.68. The smallest absolute Gasteiger partial charge is 0.255 e. The van der Waals surface area contributed by atoms with E-state index >= 15 is 0 Å². The van der Waals surface area contributed by atoms with Crippen LogP contribution in [0.15, 0.2) is 69.6 Å². The number of aromatic nitrogens is 1. The highest BCUT2D eigenvalue weighted by Crippen LogP contribution is 2.32. The van der Waals surface area contributed by atoms with Crippen molar-refractivity contribution in [1.82, 2.24) is 4.98 Å². The maximum Gasteiger partial charge on any atom is 0.255 e. The van der Waals surface area contributed by atoms with E-state index in [0.717, 1.165) is 27.6 Å². The van der Waals surface area contributed by atoms with Gasteiger partial charge in [0.1, 0.15) is 5.52 Å². The van der Waals surface area contributed by atoms with Gasteiger partial charge >= 0.3 is 0 Å². The van der Waals surface area contributed by atoms with Gasteiger partial charge in [0.25, 0.3) is 5.91 Å². The van der Waals surface area contributed by atoms with Crippen LogP contribution in [0.5, 0.6) is 0 Å². The molecule has 1 aromatic heterocycles. The average molecular weight is 484 g/mol. The van der Waals surface area contributed by atoms with Crippen molar-refractivity contribution in [3.05, 3.63) is 81.3 Å². The van der Waals surface area contributed by atoms with Crippen LogP contribution in [0.4, 0.5) is 5.69 Å². The number of oxazole rings is 1. The molecule has 4 nitrogen and oxygen atoms in total. The number of hydrogen-bond acceptors (Lipinski definition) is 3. The molecule has 3 aromatic carbocycles. The van der Waals surface area contributed by atoms with E-state index in [1.807, 2.05) is 24.3 Å². The van der Waals surface area contributed by atoms with Crippen LogP contribution in [0.1, 0.15) is 42.1 Å². The minimum absolute atomic E-state index is 0.239. The predicted molar refractivity (Wildman–Crippen MR) is 125 cm³/mol. The fourth-order valence-electron chi connectivity index (χ4n) is 3.16. The molecule has 4 aromatic rings. The molecule has 0 saturated carbocycles. The first-order valence-electron chi connectivity index (χ1n) is 9.72. The lowest BCUT2D eigenvalue weighted by Gasteiger charge is -2.08. The van der Waals surface area contributed by atoms with Crippen LogP contribution in [-0.2, 0) is 0 Å². The summed E-state index contributed by atoms with van der Waals surface area (Å²) in [4.78, 5) is 17.2. The van der Waals surface area contributed by atoms with Crippen molar-refractivity contribution in [1.29, 1.82) is 0 Å². The van der Waals surface area contributed by atoms with E-state index in [-0.39, 0.29) is 5.91 Å². The summed E-state index contributed by atoms with van der Waals surface area (Å²) in [5.41, 5.74) is 4.57. The van der Waals surface area contributed by atoms with Gasteiger partial charge in [0.2, 0.25) is 5.89 Å². The molecule has 0 aliphatic rings. The second-order valence-corrected chi connectivity index (χ2v) is 8.53. The van der Waals surface area contributed by atoms with Gasteiger partial charge in [0, 0.05) is 15.6 Å². The summed E-state index contributed by atoms with van der Waals surface area (Å²) < 4.78 is 6.86. The number of benzene rings is 3. The van der Waals surface area contributed by atoms with Crippen molar-refractivity contribution in [2.24, 2.45) is 0 Å². The molecule has 1 heterocycles. The van der Waals surface area contributed by atoms with Crippen molar-refractivity contribution in [3.8, 4) is 11.5 Å². The van der Waals surface area contributed by atoms with Crippen molar-refractivity contribution in [2.45, 2.75) is 26.2 Å². The number of fused-ring (bicyclic) bond motifs is 1. The lowest BCUT2D eigenvalue weighted by molar-refractivity contribution is 0.102. The average Bonchev–Trinajstić information content (AvgIpc) is 3.18. The van der Waals surface area contributed by atoms with Gasteiger partial charge in [0.05, 0.1) is 10.7 Å². The highest BCUT2D eigenvalue weighted by molar-refractivity contribution is 9.10. The quantitative estimate of drug-likeness (QED) is 0.317. The Morgan fingerprint density at radius 2 is 1.90 bits per heavy atom. The summed E-state index contributed by atoms with van der Waals surface area (Å²) in [6.07, 6.45) is 1.06. The first kappa shape index (κ1) is 20.6. The van der Waals surface area contributed by atoms with Crippen LogP contribution in [0.2, 0.25) is 5.02 Å². The lowest BCUT2D eigenvalue weighted by Crippen LogP contribution is -2.12. The monoisotopic (exact) mass is 482 g/mol.